The number of carbonyl (C=O) groups excluding carboxylic acids is 4. The molecule has 0 spiro atoms. The first-order valence-electron chi connectivity index (χ1n) is 10.5. The van der Waals surface area contributed by atoms with Crippen LogP contribution in [0.4, 0.5) is 11.4 Å². The van der Waals surface area contributed by atoms with Gasteiger partial charge in [-0.2, -0.15) is 0 Å². The molecule has 162 valence electrons. The van der Waals surface area contributed by atoms with Crippen molar-refractivity contribution < 1.29 is 23.9 Å². The Hall–Kier alpha value is -3.74. The van der Waals surface area contributed by atoms with Gasteiger partial charge in [0.1, 0.15) is 11.8 Å². The van der Waals surface area contributed by atoms with E-state index >= 15 is 0 Å². The molecule has 7 heteroatoms. The predicted octanol–water partition coefficient (Wildman–Crippen LogP) is 2.88. The third kappa shape index (κ3) is 2.74. The zero-order chi connectivity index (χ0) is 22.7. The maximum atomic E-state index is 13.5. The molecule has 3 heterocycles. The monoisotopic (exact) mass is 430 g/mol. The van der Waals surface area contributed by atoms with Crippen LogP contribution >= 0.6 is 0 Å². The lowest BCUT2D eigenvalue weighted by Gasteiger charge is -2.36. The number of Topliss-reactive ketones (excluding diaryl/α,β-unsaturated/α-hetero) is 2. The van der Waals surface area contributed by atoms with Gasteiger partial charge >= 0.3 is 0 Å². The van der Waals surface area contributed by atoms with Crippen molar-refractivity contribution in [2.24, 2.45) is 11.8 Å². The molecular formula is C25H22N2O5. The standard InChI is InChI=1S/C25H22N2O5/c1-13(28)15-4-7-17(8-5-15)26-24(30)21-20-10-6-16-12-18(32-3)9-11-19(16)27(20)23(14(2)29)22(21)25(26)31/h4-12,20-23H,1-3H3/t20-,21-,22+,23+/m1/s1. The quantitative estimate of drug-likeness (QED) is 0.548. The fourth-order valence-corrected chi connectivity index (χ4v) is 5.24. The van der Waals surface area contributed by atoms with Gasteiger partial charge in [-0.1, -0.05) is 12.2 Å². The maximum absolute atomic E-state index is 13.5. The second kappa shape index (κ2) is 7.15. The first-order valence-corrected chi connectivity index (χ1v) is 10.5. The predicted molar refractivity (Wildman–Crippen MR) is 119 cm³/mol. The van der Waals surface area contributed by atoms with Crippen LogP contribution in [0.2, 0.25) is 0 Å². The Labute approximate surface area is 185 Å². The number of hydrogen-bond acceptors (Lipinski definition) is 6. The van der Waals surface area contributed by atoms with Crippen LogP contribution in [0.25, 0.3) is 6.08 Å². The average molecular weight is 430 g/mol. The topological polar surface area (TPSA) is 84.0 Å². The van der Waals surface area contributed by atoms with Crippen LogP contribution in [0.3, 0.4) is 0 Å². The molecular weight excluding hydrogens is 408 g/mol. The molecule has 2 fully saturated rings. The van der Waals surface area contributed by atoms with Crippen LogP contribution in [0.1, 0.15) is 29.8 Å². The highest BCUT2D eigenvalue weighted by Crippen LogP contribution is 2.49. The number of hydrogen-bond donors (Lipinski definition) is 0. The van der Waals surface area contributed by atoms with E-state index in [1.165, 1.54) is 18.7 Å². The number of methoxy groups -OCH3 is 1. The molecule has 3 aliphatic heterocycles. The Morgan fingerprint density at radius 2 is 1.62 bits per heavy atom. The van der Waals surface area contributed by atoms with Crippen molar-refractivity contribution in [1.82, 2.24) is 0 Å². The minimum atomic E-state index is -0.768. The third-order valence-electron chi connectivity index (χ3n) is 6.66. The van der Waals surface area contributed by atoms with Crippen molar-refractivity contribution >= 4 is 40.8 Å². The van der Waals surface area contributed by atoms with Gasteiger partial charge in [-0.15, -0.1) is 0 Å². The highest BCUT2D eigenvalue weighted by Gasteiger charge is 2.63. The Bertz CT molecular complexity index is 1200. The molecule has 4 atom stereocenters. The van der Waals surface area contributed by atoms with Gasteiger partial charge in [0.05, 0.1) is 30.7 Å². The lowest BCUT2D eigenvalue weighted by molar-refractivity contribution is -0.126. The second-order valence-corrected chi connectivity index (χ2v) is 8.40. The van der Waals surface area contributed by atoms with E-state index in [4.69, 9.17) is 4.74 Å². The van der Waals surface area contributed by atoms with Crippen LogP contribution in [0.15, 0.2) is 48.5 Å². The fourth-order valence-electron chi connectivity index (χ4n) is 5.24. The Morgan fingerprint density at radius 3 is 2.25 bits per heavy atom. The molecule has 2 amide bonds. The van der Waals surface area contributed by atoms with Crippen molar-refractivity contribution in [1.29, 1.82) is 0 Å². The SMILES string of the molecule is COc1ccc2c(c1)C=C[C@@H]1[C@H]3C(=O)N(c4ccc(C(C)=O)cc4)C(=O)[C@@H]3[C@H](C(C)=O)N21. The van der Waals surface area contributed by atoms with Crippen molar-refractivity contribution in [3.05, 3.63) is 59.7 Å². The summed E-state index contributed by atoms with van der Waals surface area (Å²) in [6.07, 6.45) is 3.82. The molecule has 3 aliphatic rings. The molecule has 32 heavy (non-hydrogen) atoms. The Kier molecular flexibility index (Phi) is 4.51. The van der Waals surface area contributed by atoms with Crippen LogP contribution in [-0.2, 0) is 14.4 Å². The van der Waals surface area contributed by atoms with Crippen LogP contribution in [-0.4, -0.2) is 42.6 Å². The molecule has 0 aromatic heterocycles. The Morgan fingerprint density at radius 1 is 0.938 bits per heavy atom. The van der Waals surface area contributed by atoms with Crippen molar-refractivity contribution in [2.45, 2.75) is 25.9 Å². The third-order valence-corrected chi connectivity index (χ3v) is 6.66. The first kappa shape index (κ1) is 20.2. The summed E-state index contributed by atoms with van der Waals surface area (Å²) in [5.41, 5.74) is 2.61. The van der Waals surface area contributed by atoms with E-state index < -0.39 is 23.9 Å². The fraction of sp³-hybridized carbons (Fsp3) is 0.280. The molecule has 0 unspecified atom stereocenters. The number of fused-ring (bicyclic) bond motifs is 5. The summed E-state index contributed by atoms with van der Waals surface area (Å²) in [6.45, 7) is 2.92. The molecule has 0 radical (unpaired) electrons. The summed E-state index contributed by atoms with van der Waals surface area (Å²) in [5, 5.41) is 0. The molecule has 2 saturated heterocycles. The van der Waals surface area contributed by atoms with Crippen molar-refractivity contribution in [2.75, 3.05) is 16.9 Å². The number of carbonyl (C=O) groups is 4. The minimum Gasteiger partial charge on any atom is -0.497 e. The van der Waals surface area contributed by atoms with E-state index in [9.17, 15) is 19.2 Å². The molecule has 0 saturated carbocycles. The number of anilines is 2. The molecule has 0 N–H and O–H groups in total. The smallest absolute Gasteiger partial charge is 0.240 e. The van der Waals surface area contributed by atoms with Crippen LogP contribution in [0.5, 0.6) is 5.75 Å². The number of benzene rings is 2. The normalized spacial score (nSPS) is 25.5. The van der Waals surface area contributed by atoms with Crippen molar-refractivity contribution in [3.63, 3.8) is 0 Å². The van der Waals surface area contributed by atoms with E-state index in [0.717, 1.165) is 11.3 Å². The number of amides is 2. The van der Waals surface area contributed by atoms with Crippen LogP contribution in [0, 0.1) is 11.8 Å². The summed E-state index contributed by atoms with van der Waals surface area (Å²) in [4.78, 5) is 54.4. The lowest BCUT2D eigenvalue weighted by Crippen LogP contribution is -2.48. The van der Waals surface area contributed by atoms with E-state index in [-0.39, 0.29) is 23.4 Å². The first-order chi connectivity index (χ1) is 15.3. The highest BCUT2D eigenvalue weighted by atomic mass is 16.5. The van der Waals surface area contributed by atoms with Gasteiger partial charge < -0.3 is 9.64 Å². The van der Waals surface area contributed by atoms with Gasteiger partial charge in [0.2, 0.25) is 11.8 Å². The van der Waals surface area contributed by atoms with E-state index in [1.807, 2.05) is 35.3 Å². The molecule has 0 bridgehead atoms. The van der Waals surface area contributed by atoms with Gasteiger partial charge in [-0.05, 0) is 56.3 Å². The summed E-state index contributed by atoms with van der Waals surface area (Å²) < 4.78 is 5.31. The summed E-state index contributed by atoms with van der Waals surface area (Å²) >= 11 is 0. The van der Waals surface area contributed by atoms with Gasteiger partial charge in [0, 0.05) is 16.8 Å². The van der Waals surface area contributed by atoms with Crippen molar-refractivity contribution in [3.8, 4) is 5.75 Å². The van der Waals surface area contributed by atoms with Gasteiger partial charge in [0.15, 0.2) is 11.6 Å². The van der Waals surface area contributed by atoms with Gasteiger partial charge in [-0.25, -0.2) is 4.90 Å². The molecule has 0 aliphatic carbocycles. The van der Waals surface area contributed by atoms with E-state index in [1.54, 1.807) is 31.4 Å². The summed E-state index contributed by atoms with van der Waals surface area (Å²) in [7, 11) is 1.59. The van der Waals surface area contributed by atoms with Gasteiger partial charge in [0.25, 0.3) is 0 Å². The molecule has 7 nitrogen and oxygen atoms in total. The van der Waals surface area contributed by atoms with Gasteiger partial charge in [-0.3, -0.25) is 19.2 Å². The van der Waals surface area contributed by atoms with E-state index in [0.29, 0.717) is 17.0 Å². The molecule has 5 rings (SSSR count). The minimum absolute atomic E-state index is 0.0950. The number of imide groups is 1. The summed E-state index contributed by atoms with van der Waals surface area (Å²) in [6, 6.07) is 10.8. The summed E-state index contributed by atoms with van der Waals surface area (Å²) in [5.74, 6) is -1.69. The zero-order valence-corrected chi connectivity index (χ0v) is 17.9. The highest BCUT2D eigenvalue weighted by molar-refractivity contribution is 6.24. The molecule has 2 aromatic carbocycles. The Balaban J connectivity index is 1.57. The average Bonchev–Trinajstić information content (AvgIpc) is 3.26. The lowest BCUT2D eigenvalue weighted by atomic mass is 9.88. The number of nitrogens with zero attached hydrogens (tertiary/aromatic N) is 2. The maximum Gasteiger partial charge on any atom is 0.240 e. The second-order valence-electron chi connectivity index (χ2n) is 8.40. The largest absolute Gasteiger partial charge is 0.497 e. The number of rotatable bonds is 4. The molecule has 2 aromatic rings. The number of ether oxygens (including phenoxy) is 1. The van der Waals surface area contributed by atoms with E-state index in [2.05, 4.69) is 0 Å². The number of ketones is 2. The van der Waals surface area contributed by atoms with Crippen LogP contribution < -0.4 is 14.5 Å². The zero-order valence-electron chi connectivity index (χ0n) is 17.9.